The fourth-order valence-electron chi connectivity index (χ4n) is 2.34. The summed E-state index contributed by atoms with van der Waals surface area (Å²) in [7, 11) is 5.00. The summed E-state index contributed by atoms with van der Waals surface area (Å²) in [6.45, 7) is 8.37. The number of ether oxygens (including phenoxy) is 3. The Balaban J connectivity index is 5.08. The molecule has 0 rings (SSSR count). The van der Waals surface area contributed by atoms with Crippen LogP contribution in [-0.2, 0) is 14.2 Å². The molecule has 0 aromatic rings. The average molecular weight is 262 g/mol. The Bertz CT molecular complexity index is 212. The lowest BCUT2D eigenvalue weighted by Gasteiger charge is -2.47. The van der Waals surface area contributed by atoms with E-state index in [9.17, 15) is 0 Å². The van der Waals surface area contributed by atoms with E-state index in [2.05, 4.69) is 25.7 Å². The Morgan fingerprint density at radius 3 is 2.11 bits per heavy atom. The van der Waals surface area contributed by atoms with E-state index in [4.69, 9.17) is 19.9 Å². The van der Waals surface area contributed by atoms with Crippen molar-refractivity contribution in [3.05, 3.63) is 0 Å². The largest absolute Gasteiger partial charge is 0.383 e. The number of methoxy groups -OCH3 is 3. The molecule has 5 nitrogen and oxygen atoms in total. The summed E-state index contributed by atoms with van der Waals surface area (Å²) >= 11 is 0. The van der Waals surface area contributed by atoms with Crippen LogP contribution in [0.2, 0.25) is 0 Å². The first-order chi connectivity index (χ1) is 8.51. The normalized spacial score (nSPS) is 17.2. The molecule has 0 saturated carbocycles. The van der Waals surface area contributed by atoms with Gasteiger partial charge in [-0.25, -0.2) is 0 Å². The van der Waals surface area contributed by atoms with Gasteiger partial charge in [0, 0.05) is 40.5 Å². The van der Waals surface area contributed by atoms with Crippen molar-refractivity contribution in [1.29, 1.82) is 0 Å². The van der Waals surface area contributed by atoms with Crippen LogP contribution in [0, 0.1) is 0 Å². The van der Waals surface area contributed by atoms with Crippen LogP contribution in [-0.4, -0.2) is 63.8 Å². The van der Waals surface area contributed by atoms with Gasteiger partial charge in [0.25, 0.3) is 0 Å². The van der Waals surface area contributed by atoms with Gasteiger partial charge in [-0.15, -0.1) is 0 Å². The van der Waals surface area contributed by atoms with Crippen LogP contribution >= 0.6 is 0 Å². The van der Waals surface area contributed by atoms with Crippen LogP contribution in [0.15, 0.2) is 0 Å². The van der Waals surface area contributed by atoms with E-state index >= 15 is 0 Å². The molecule has 0 aromatic carbocycles. The van der Waals surface area contributed by atoms with Crippen molar-refractivity contribution in [3.8, 4) is 0 Å². The van der Waals surface area contributed by atoms with Gasteiger partial charge in [0.15, 0.2) is 6.29 Å². The highest BCUT2D eigenvalue weighted by molar-refractivity contribution is 4.93. The van der Waals surface area contributed by atoms with Crippen LogP contribution in [0.3, 0.4) is 0 Å². The molecule has 0 bridgehead atoms. The zero-order valence-electron chi connectivity index (χ0n) is 12.7. The maximum Gasteiger partial charge on any atom is 0.176 e. The zero-order chi connectivity index (χ0) is 14.2. The highest BCUT2D eigenvalue weighted by Gasteiger charge is 2.41. The molecule has 5 heteroatoms. The van der Waals surface area contributed by atoms with Gasteiger partial charge in [0.1, 0.15) is 0 Å². The molecular formula is C13H30N2O3. The number of nitrogens with two attached hydrogens (primary N) is 1. The molecule has 0 aliphatic carbocycles. The summed E-state index contributed by atoms with van der Waals surface area (Å²) in [6, 6.07) is 0.390. The van der Waals surface area contributed by atoms with Crippen LogP contribution < -0.4 is 5.73 Å². The molecule has 0 spiro atoms. The average Bonchev–Trinajstić information content (AvgIpc) is 2.39. The van der Waals surface area contributed by atoms with Crippen molar-refractivity contribution < 1.29 is 14.2 Å². The topological polar surface area (TPSA) is 57.0 Å². The lowest BCUT2D eigenvalue weighted by Crippen LogP contribution is -2.63. The third-order valence-corrected chi connectivity index (χ3v) is 3.66. The third-order valence-electron chi connectivity index (χ3n) is 3.66. The highest BCUT2D eigenvalue weighted by Crippen LogP contribution is 2.25. The Labute approximate surface area is 112 Å². The van der Waals surface area contributed by atoms with Crippen molar-refractivity contribution in [3.63, 3.8) is 0 Å². The number of hydrogen-bond donors (Lipinski definition) is 1. The lowest BCUT2D eigenvalue weighted by molar-refractivity contribution is -0.189. The van der Waals surface area contributed by atoms with E-state index in [1.54, 1.807) is 21.3 Å². The zero-order valence-corrected chi connectivity index (χ0v) is 12.7. The first kappa shape index (κ1) is 17.8. The fourth-order valence-corrected chi connectivity index (χ4v) is 2.34. The molecule has 2 atom stereocenters. The molecule has 2 unspecified atom stereocenters. The van der Waals surface area contributed by atoms with E-state index in [0.29, 0.717) is 19.2 Å². The van der Waals surface area contributed by atoms with Gasteiger partial charge in [0.2, 0.25) is 0 Å². The quantitative estimate of drug-likeness (QED) is 0.597. The summed E-state index contributed by atoms with van der Waals surface area (Å²) in [6.07, 6.45) is 0.688. The minimum Gasteiger partial charge on any atom is -0.383 e. The second-order valence-electron chi connectivity index (χ2n) is 4.81. The Kier molecular flexibility index (Phi) is 8.73. The SMILES string of the molecule is CCC(C)N(CCOC)C(C)(CN)C(OC)OC. The van der Waals surface area contributed by atoms with Gasteiger partial charge in [-0.1, -0.05) is 6.92 Å². The molecule has 2 N–H and O–H groups in total. The van der Waals surface area contributed by atoms with Gasteiger partial charge in [-0.3, -0.25) is 4.90 Å². The van der Waals surface area contributed by atoms with Crippen molar-refractivity contribution in [2.45, 2.75) is 45.1 Å². The highest BCUT2D eigenvalue weighted by atomic mass is 16.7. The van der Waals surface area contributed by atoms with Crippen molar-refractivity contribution >= 4 is 0 Å². The van der Waals surface area contributed by atoms with Gasteiger partial charge in [-0.05, 0) is 20.3 Å². The van der Waals surface area contributed by atoms with Gasteiger partial charge in [0.05, 0.1) is 12.1 Å². The molecule has 0 saturated heterocycles. The van der Waals surface area contributed by atoms with Crippen LogP contribution in [0.4, 0.5) is 0 Å². The van der Waals surface area contributed by atoms with Crippen LogP contribution in [0.5, 0.6) is 0 Å². The van der Waals surface area contributed by atoms with Crippen molar-refractivity contribution in [2.24, 2.45) is 5.73 Å². The Morgan fingerprint density at radius 2 is 1.78 bits per heavy atom. The monoisotopic (exact) mass is 262 g/mol. The summed E-state index contributed by atoms with van der Waals surface area (Å²) in [5.74, 6) is 0. The van der Waals surface area contributed by atoms with Gasteiger partial charge < -0.3 is 19.9 Å². The molecule has 18 heavy (non-hydrogen) atoms. The fraction of sp³-hybridized carbons (Fsp3) is 1.00. The van der Waals surface area contributed by atoms with Crippen LogP contribution in [0.25, 0.3) is 0 Å². The maximum atomic E-state index is 5.98. The Morgan fingerprint density at radius 1 is 1.22 bits per heavy atom. The lowest BCUT2D eigenvalue weighted by atomic mass is 9.96. The van der Waals surface area contributed by atoms with Crippen molar-refractivity contribution in [2.75, 3.05) is 41.0 Å². The number of rotatable bonds is 10. The first-order valence-corrected chi connectivity index (χ1v) is 6.53. The third kappa shape index (κ3) is 4.17. The molecule has 0 aliphatic heterocycles. The summed E-state index contributed by atoms with van der Waals surface area (Å²) in [5, 5.41) is 0. The van der Waals surface area contributed by atoms with E-state index < -0.39 is 0 Å². The van der Waals surface area contributed by atoms with Gasteiger partial charge in [-0.2, -0.15) is 0 Å². The molecule has 0 aliphatic rings. The molecular weight excluding hydrogens is 232 g/mol. The second-order valence-corrected chi connectivity index (χ2v) is 4.81. The van der Waals surface area contributed by atoms with E-state index in [1.165, 1.54) is 0 Å². The standard InChI is InChI=1S/C13H30N2O3/c1-7-11(2)15(8-9-16-4)13(3,10-14)12(17-5)18-6/h11-12H,7-10,14H2,1-6H3. The second kappa shape index (κ2) is 8.82. The van der Waals surface area contributed by atoms with Gasteiger partial charge >= 0.3 is 0 Å². The Hall–Kier alpha value is -0.200. The predicted octanol–water partition coefficient (Wildman–Crippen LogP) is 1.07. The minimum absolute atomic E-state index is 0.353. The molecule has 0 fully saturated rings. The van der Waals surface area contributed by atoms with Crippen LogP contribution in [0.1, 0.15) is 27.2 Å². The van der Waals surface area contributed by atoms with Crippen molar-refractivity contribution in [1.82, 2.24) is 4.90 Å². The molecule has 0 radical (unpaired) electrons. The summed E-state index contributed by atoms with van der Waals surface area (Å²) in [5.41, 5.74) is 5.62. The summed E-state index contributed by atoms with van der Waals surface area (Å²) in [4.78, 5) is 2.31. The molecule has 0 amide bonds. The molecule has 110 valence electrons. The first-order valence-electron chi connectivity index (χ1n) is 6.53. The number of nitrogens with zero attached hydrogens (tertiary/aromatic N) is 1. The molecule has 0 aromatic heterocycles. The van der Waals surface area contributed by atoms with E-state index in [0.717, 1.165) is 13.0 Å². The van der Waals surface area contributed by atoms with E-state index in [1.807, 2.05) is 0 Å². The minimum atomic E-state index is -0.364. The van der Waals surface area contributed by atoms with E-state index in [-0.39, 0.29) is 11.8 Å². The molecule has 0 heterocycles. The summed E-state index contributed by atoms with van der Waals surface area (Å²) < 4.78 is 16.0. The number of hydrogen-bond acceptors (Lipinski definition) is 5. The maximum absolute atomic E-state index is 5.98. The smallest absolute Gasteiger partial charge is 0.176 e. The predicted molar refractivity (Wildman–Crippen MR) is 73.6 cm³/mol.